The molecule has 2 rings (SSSR count). The van der Waals surface area contributed by atoms with E-state index < -0.39 is 0 Å². The molecule has 0 atom stereocenters. The Morgan fingerprint density at radius 3 is 2.04 bits per heavy atom. The van der Waals surface area contributed by atoms with Crippen molar-refractivity contribution in [3.05, 3.63) is 59.2 Å². The van der Waals surface area contributed by atoms with Crippen LogP contribution in [0.4, 0.5) is 0 Å². The Labute approximate surface area is 137 Å². The van der Waals surface area contributed by atoms with Crippen LogP contribution in [0.5, 0.6) is 11.5 Å². The minimum atomic E-state index is 0.280. The summed E-state index contributed by atoms with van der Waals surface area (Å²) < 4.78 is 11.0. The Kier molecular flexibility index (Phi) is 5.43. The maximum Gasteiger partial charge on any atom is 0.126 e. The molecule has 0 radical (unpaired) electrons. The number of nitriles is 1. The first-order chi connectivity index (χ1) is 11.1. The number of ether oxygens (including phenoxy) is 2. The average molecular weight is 307 g/mol. The van der Waals surface area contributed by atoms with E-state index in [0.717, 1.165) is 28.2 Å². The van der Waals surface area contributed by atoms with Crippen molar-refractivity contribution in [3.63, 3.8) is 0 Å². The van der Waals surface area contributed by atoms with Gasteiger partial charge in [0.15, 0.2) is 0 Å². The molecule has 0 N–H and O–H groups in total. The van der Waals surface area contributed by atoms with Crippen molar-refractivity contribution in [1.29, 1.82) is 5.26 Å². The standard InChI is InChI=1S/C20H21NO2/c1-14(2)20-18(22-3)11-15(12-19(20)23-4)10-17(13-21)16-8-6-5-7-9-16/h5-12,14H,1-4H3. The van der Waals surface area contributed by atoms with Gasteiger partial charge in [-0.3, -0.25) is 0 Å². The van der Waals surface area contributed by atoms with Crippen molar-refractivity contribution >= 4 is 11.6 Å². The summed E-state index contributed by atoms with van der Waals surface area (Å²) in [6, 6.07) is 15.8. The molecule has 0 aliphatic heterocycles. The van der Waals surface area contributed by atoms with Gasteiger partial charge < -0.3 is 9.47 Å². The minimum Gasteiger partial charge on any atom is -0.496 e. The van der Waals surface area contributed by atoms with Gasteiger partial charge in [-0.2, -0.15) is 5.26 Å². The van der Waals surface area contributed by atoms with E-state index in [-0.39, 0.29) is 5.92 Å². The molecule has 0 aliphatic rings. The Hall–Kier alpha value is -2.73. The first-order valence-electron chi connectivity index (χ1n) is 7.53. The van der Waals surface area contributed by atoms with Crippen LogP contribution in [0.3, 0.4) is 0 Å². The fraction of sp³-hybridized carbons (Fsp3) is 0.250. The molecule has 0 saturated heterocycles. The zero-order valence-corrected chi connectivity index (χ0v) is 14.0. The topological polar surface area (TPSA) is 42.2 Å². The van der Waals surface area contributed by atoms with Crippen LogP contribution in [0.15, 0.2) is 42.5 Å². The lowest BCUT2D eigenvalue weighted by atomic mass is 9.97. The summed E-state index contributed by atoms with van der Waals surface area (Å²) in [6.07, 6.45) is 1.85. The predicted octanol–water partition coefficient (Wildman–Crippen LogP) is 4.89. The molecular weight excluding hydrogens is 286 g/mol. The second-order valence-corrected chi connectivity index (χ2v) is 5.53. The van der Waals surface area contributed by atoms with Crippen LogP contribution in [0.1, 0.15) is 36.5 Å². The highest BCUT2D eigenvalue weighted by molar-refractivity contribution is 5.90. The van der Waals surface area contributed by atoms with Crippen LogP contribution >= 0.6 is 0 Å². The minimum absolute atomic E-state index is 0.280. The third-order valence-electron chi connectivity index (χ3n) is 3.66. The van der Waals surface area contributed by atoms with E-state index >= 15 is 0 Å². The van der Waals surface area contributed by atoms with Crippen LogP contribution in [-0.2, 0) is 0 Å². The summed E-state index contributed by atoms with van der Waals surface area (Å²) >= 11 is 0. The van der Waals surface area contributed by atoms with Gasteiger partial charge in [0.25, 0.3) is 0 Å². The largest absolute Gasteiger partial charge is 0.496 e. The Morgan fingerprint density at radius 2 is 1.61 bits per heavy atom. The summed E-state index contributed by atoms with van der Waals surface area (Å²) in [5.41, 5.74) is 3.40. The number of methoxy groups -OCH3 is 2. The van der Waals surface area contributed by atoms with Gasteiger partial charge in [-0.05, 0) is 35.3 Å². The number of allylic oxidation sites excluding steroid dienone is 1. The molecule has 23 heavy (non-hydrogen) atoms. The van der Waals surface area contributed by atoms with E-state index in [1.54, 1.807) is 14.2 Å². The third kappa shape index (κ3) is 3.73. The molecule has 0 spiro atoms. The van der Waals surface area contributed by atoms with Crippen LogP contribution in [-0.4, -0.2) is 14.2 Å². The van der Waals surface area contributed by atoms with E-state index in [1.807, 2.05) is 48.5 Å². The molecule has 0 saturated carbocycles. The highest BCUT2D eigenvalue weighted by Crippen LogP contribution is 2.37. The second kappa shape index (κ2) is 7.51. The maximum absolute atomic E-state index is 9.46. The predicted molar refractivity (Wildman–Crippen MR) is 93.6 cm³/mol. The van der Waals surface area contributed by atoms with Gasteiger partial charge >= 0.3 is 0 Å². The smallest absolute Gasteiger partial charge is 0.126 e. The lowest BCUT2D eigenvalue weighted by Crippen LogP contribution is -1.99. The second-order valence-electron chi connectivity index (χ2n) is 5.53. The number of benzene rings is 2. The maximum atomic E-state index is 9.46. The van der Waals surface area contributed by atoms with E-state index in [0.29, 0.717) is 5.57 Å². The van der Waals surface area contributed by atoms with Crippen molar-refractivity contribution in [2.24, 2.45) is 0 Å². The number of hydrogen-bond acceptors (Lipinski definition) is 3. The lowest BCUT2D eigenvalue weighted by molar-refractivity contribution is 0.382. The normalized spacial score (nSPS) is 11.2. The number of hydrogen-bond donors (Lipinski definition) is 0. The highest BCUT2D eigenvalue weighted by atomic mass is 16.5. The summed E-state index contributed by atoms with van der Waals surface area (Å²) in [6.45, 7) is 4.20. The lowest BCUT2D eigenvalue weighted by Gasteiger charge is -2.17. The van der Waals surface area contributed by atoms with Crippen molar-refractivity contribution in [2.75, 3.05) is 14.2 Å². The van der Waals surface area contributed by atoms with Crippen molar-refractivity contribution in [2.45, 2.75) is 19.8 Å². The molecule has 0 bridgehead atoms. The molecule has 2 aromatic rings. The molecule has 0 aliphatic carbocycles. The molecule has 0 fully saturated rings. The van der Waals surface area contributed by atoms with Gasteiger partial charge in [-0.25, -0.2) is 0 Å². The van der Waals surface area contributed by atoms with Crippen LogP contribution in [0.25, 0.3) is 11.6 Å². The Bertz CT molecular complexity index is 715. The van der Waals surface area contributed by atoms with Crippen molar-refractivity contribution < 1.29 is 9.47 Å². The van der Waals surface area contributed by atoms with Crippen LogP contribution in [0.2, 0.25) is 0 Å². The van der Waals surface area contributed by atoms with E-state index in [1.165, 1.54) is 0 Å². The van der Waals surface area contributed by atoms with Gasteiger partial charge in [0.1, 0.15) is 11.5 Å². The summed E-state index contributed by atoms with van der Waals surface area (Å²) in [5.74, 6) is 1.83. The Morgan fingerprint density at radius 1 is 1.04 bits per heavy atom. The molecule has 0 unspecified atom stereocenters. The molecular formula is C20H21NO2. The number of rotatable bonds is 5. The summed E-state index contributed by atoms with van der Waals surface area (Å²) in [4.78, 5) is 0. The number of nitrogens with zero attached hydrogens (tertiary/aromatic N) is 1. The molecule has 0 aromatic heterocycles. The Balaban J connectivity index is 2.56. The quantitative estimate of drug-likeness (QED) is 0.583. The van der Waals surface area contributed by atoms with Crippen LogP contribution in [0, 0.1) is 11.3 Å². The molecule has 0 heterocycles. The molecule has 0 amide bonds. The third-order valence-corrected chi connectivity index (χ3v) is 3.66. The fourth-order valence-electron chi connectivity index (χ4n) is 2.58. The molecule has 3 nitrogen and oxygen atoms in total. The van der Waals surface area contributed by atoms with Gasteiger partial charge in [-0.15, -0.1) is 0 Å². The first-order valence-corrected chi connectivity index (χ1v) is 7.53. The van der Waals surface area contributed by atoms with E-state index in [2.05, 4.69) is 19.9 Å². The molecule has 3 heteroatoms. The zero-order chi connectivity index (χ0) is 16.8. The zero-order valence-electron chi connectivity index (χ0n) is 14.0. The van der Waals surface area contributed by atoms with Gasteiger partial charge in [0.2, 0.25) is 0 Å². The monoisotopic (exact) mass is 307 g/mol. The summed E-state index contributed by atoms with van der Waals surface area (Å²) in [5, 5.41) is 9.46. The van der Waals surface area contributed by atoms with Crippen molar-refractivity contribution in [3.8, 4) is 17.6 Å². The summed E-state index contributed by atoms with van der Waals surface area (Å²) in [7, 11) is 3.30. The van der Waals surface area contributed by atoms with Gasteiger partial charge in [0, 0.05) is 5.56 Å². The average Bonchev–Trinajstić information content (AvgIpc) is 2.59. The van der Waals surface area contributed by atoms with E-state index in [9.17, 15) is 5.26 Å². The first kappa shape index (κ1) is 16.6. The fourth-order valence-corrected chi connectivity index (χ4v) is 2.58. The molecule has 118 valence electrons. The van der Waals surface area contributed by atoms with Gasteiger partial charge in [-0.1, -0.05) is 44.2 Å². The van der Waals surface area contributed by atoms with Crippen molar-refractivity contribution in [1.82, 2.24) is 0 Å². The van der Waals surface area contributed by atoms with Crippen LogP contribution < -0.4 is 9.47 Å². The molecule has 2 aromatic carbocycles. The SMILES string of the molecule is COc1cc(C=C(C#N)c2ccccc2)cc(OC)c1C(C)C. The highest BCUT2D eigenvalue weighted by Gasteiger charge is 2.15. The van der Waals surface area contributed by atoms with Gasteiger partial charge in [0.05, 0.1) is 25.9 Å². The van der Waals surface area contributed by atoms with E-state index in [4.69, 9.17) is 9.47 Å².